The third-order valence-corrected chi connectivity index (χ3v) is 4.58. The number of H-pyrrole nitrogens is 1. The third kappa shape index (κ3) is 3.92. The monoisotopic (exact) mass is 360 g/mol. The Bertz CT molecular complexity index is 994. The SMILES string of the molecule is COc1cc(-c2cc(O)cc(Oc3ccc(S(C)(=O)=O)cc3)c2)[nH]n1. The lowest BCUT2D eigenvalue weighted by atomic mass is 10.1. The topological polar surface area (TPSA) is 102 Å². The second kappa shape index (κ2) is 6.48. The maximum Gasteiger partial charge on any atom is 0.232 e. The number of sulfone groups is 1. The lowest BCUT2D eigenvalue weighted by molar-refractivity contribution is 0.397. The summed E-state index contributed by atoms with van der Waals surface area (Å²) in [4.78, 5) is 0.209. The lowest BCUT2D eigenvalue weighted by Gasteiger charge is -2.09. The molecule has 3 aromatic rings. The molecule has 25 heavy (non-hydrogen) atoms. The summed E-state index contributed by atoms with van der Waals surface area (Å²) in [6.07, 6.45) is 1.14. The number of methoxy groups -OCH3 is 1. The highest BCUT2D eigenvalue weighted by Gasteiger charge is 2.10. The van der Waals surface area contributed by atoms with Gasteiger partial charge in [0.05, 0.1) is 17.7 Å². The van der Waals surface area contributed by atoms with E-state index in [1.165, 1.54) is 25.3 Å². The highest BCUT2D eigenvalue weighted by atomic mass is 32.2. The van der Waals surface area contributed by atoms with Crippen LogP contribution in [0.5, 0.6) is 23.1 Å². The first-order valence-corrected chi connectivity index (χ1v) is 9.16. The summed E-state index contributed by atoms with van der Waals surface area (Å²) in [6, 6.07) is 12.5. The fraction of sp³-hybridized carbons (Fsp3) is 0.118. The molecule has 0 atom stereocenters. The summed E-state index contributed by atoms with van der Waals surface area (Å²) in [6.45, 7) is 0. The maximum absolute atomic E-state index is 11.5. The van der Waals surface area contributed by atoms with Crippen molar-refractivity contribution in [3.05, 3.63) is 48.5 Å². The van der Waals surface area contributed by atoms with Crippen molar-refractivity contribution in [3.8, 4) is 34.4 Å². The molecule has 8 heteroatoms. The number of aromatic hydroxyl groups is 1. The van der Waals surface area contributed by atoms with Gasteiger partial charge in [-0.2, -0.15) is 0 Å². The fourth-order valence-electron chi connectivity index (χ4n) is 2.24. The number of nitrogens with one attached hydrogen (secondary N) is 1. The van der Waals surface area contributed by atoms with E-state index in [0.717, 1.165) is 6.26 Å². The number of phenols is 1. The van der Waals surface area contributed by atoms with Gasteiger partial charge in [0.1, 0.15) is 17.2 Å². The van der Waals surface area contributed by atoms with Crippen LogP contribution in [0.2, 0.25) is 0 Å². The maximum atomic E-state index is 11.5. The molecule has 0 aliphatic heterocycles. The molecule has 0 fully saturated rings. The van der Waals surface area contributed by atoms with E-state index in [1.54, 1.807) is 30.3 Å². The van der Waals surface area contributed by atoms with Crippen LogP contribution in [0.15, 0.2) is 53.4 Å². The van der Waals surface area contributed by atoms with Crippen molar-refractivity contribution in [2.24, 2.45) is 0 Å². The number of phenolic OH excluding ortho intramolecular Hbond substituents is 1. The summed E-state index contributed by atoms with van der Waals surface area (Å²) in [5.41, 5.74) is 1.32. The molecule has 0 bridgehead atoms. The summed E-state index contributed by atoms with van der Waals surface area (Å²) >= 11 is 0. The Labute approximate surface area is 144 Å². The van der Waals surface area contributed by atoms with E-state index in [4.69, 9.17) is 9.47 Å². The molecule has 0 amide bonds. The van der Waals surface area contributed by atoms with Gasteiger partial charge in [-0.05, 0) is 36.4 Å². The van der Waals surface area contributed by atoms with Gasteiger partial charge in [0.25, 0.3) is 0 Å². The Morgan fingerprint density at radius 1 is 1.04 bits per heavy atom. The largest absolute Gasteiger partial charge is 0.508 e. The second-order valence-corrected chi connectivity index (χ2v) is 7.40. The lowest BCUT2D eigenvalue weighted by Crippen LogP contribution is -1.96. The molecule has 0 unspecified atom stereocenters. The van der Waals surface area contributed by atoms with Crippen molar-refractivity contribution in [1.82, 2.24) is 10.2 Å². The standard InChI is InChI=1S/C17H16N2O5S/c1-23-17-10-16(18-19-17)11-7-12(20)9-14(8-11)24-13-3-5-15(6-4-13)25(2,21)22/h3-10,20H,1-2H3,(H,18,19). The van der Waals surface area contributed by atoms with Gasteiger partial charge in [-0.1, -0.05) is 0 Å². The smallest absolute Gasteiger partial charge is 0.232 e. The second-order valence-electron chi connectivity index (χ2n) is 5.39. The normalized spacial score (nSPS) is 11.3. The third-order valence-electron chi connectivity index (χ3n) is 3.45. The Kier molecular flexibility index (Phi) is 4.37. The minimum atomic E-state index is -3.26. The van der Waals surface area contributed by atoms with E-state index in [0.29, 0.717) is 28.6 Å². The predicted octanol–water partition coefficient (Wildman–Crippen LogP) is 2.99. The molecule has 0 radical (unpaired) electrons. The van der Waals surface area contributed by atoms with E-state index in [9.17, 15) is 13.5 Å². The summed E-state index contributed by atoms with van der Waals surface area (Å²) in [5, 5.41) is 16.7. The van der Waals surface area contributed by atoms with Crippen molar-refractivity contribution in [1.29, 1.82) is 0 Å². The number of ether oxygens (including phenoxy) is 2. The van der Waals surface area contributed by atoms with Gasteiger partial charge in [-0.25, -0.2) is 8.42 Å². The number of aromatic nitrogens is 2. The van der Waals surface area contributed by atoms with Gasteiger partial charge >= 0.3 is 0 Å². The molecule has 0 saturated carbocycles. The Morgan fingerprint density at radius 3 is 2.36 bits per heavy atom. The van der Waals surface area contributed by atoms with E-state index in [2.05, 4.69) is 10.2 Å². The number of hydrogen-bond donors (Lipinski definition) is 2. The summed E-state index contributed by atoms with van der Waals surface area (Å²) in [7, 11) is -1.75. The predicted molar refractivity (Wildman–Crippen MR) is 91.9 cm³/mol. The molecule has 1 heterocycles. The molecule has 130 valence electrons. The van der Waals surface area contributed by atoms with Gasteiger partial charge in [-0.3, -0.25) is 5.10 Å². The van der Waals surface area contributed by atoms with Crippen LogP contribution in [0, 0.1) is 0 Å². The molecule has 2 aromatic carbocycles. The summed E-state index contributed by atoms with van der Waals surface area (Å²) < 4.78 is 33.7. The summed E-state index contributed by atoms with van der Waals surface area (Å²) in [5.74, 6) is 1.30. The number of nitrogens with zero attached hydrogens (tertiary/aromatic N) is 1. The minimum absolute atomic E-state index is 0.0221. The molecule has 0 saturated heterocycles. The Hall–Kier alpha value is -3.00. The average molecular weight is 360 g/mol. The van der Waals surface area contributed by atoms with Crippen molar-refractivity contribution in [3.63, 3.8) is 0 Å². The van der Waals surface area contributed by atoms with Crippen LogP contribution in [0.1, 0.15) is 0 Å². The van der Waals surface area contributed by atoms with Crippen molar-refractivity contribution < 1.29 is 23.0 Å². The van der Waals surface area contributed by atoms with Crippen molar-refractivity contribution in [2.75, 3.05) is 13.4 Å². The molecule has 1 aromatic heterocycles. The molecule has 0 spiro atoms. The number of benzene rings is 2. The quantitative estimate of drug-likeness (QED) is 0.725. The zero-order valence-corrected chi connectivity index (χ0v) is 14.4. The zero-order chi connectivity index (χ0) is 18.0. The van der Waals surface area contributed by atoms with Gasteiger partial charge < -0.3 is 14.6 Å². The highest BCUT2D eigenvalue weighted by Crippen LogP contribution is 2.32. The van der Waals surface area contributed by atoms with Crippen LogP contribution >= 0.6 is 0 Å². The number of hydrogen-bond acceptors (Lipinski definition) is 6. The highest BCUT2D eigenvalue weighted by molar-refractivity contribution is 7.90. The van der Waals surface area contributed by atoms with Crippen molar-refractivity contribution >= 4 is 9.84 Å². The molecule has 0 aliphatic rings. The molecular weight excluding hydrogens is 344 g/mol. The number of rotatable bonds is 5. The number of aromatic amines is 1. The zero-order valence-electron chi connectivity index (χ0n) is 13.6. The molecule has 0 aliphatic carbocycles. The Morgan fingerprint density at radius 2 is 1.76 bits per heavy atom. The average Bonchev–Trinajstić information content (AvgIpc) is 3.03. The van der Waals surface area contributed by atoms with Crippen LogP contribution < -0.4 is 9.47 Å². The van der Waals surface area contributed by atoms with Gasteiger partial charge in [-0.15, -0.1) is 5.10 Å². The molecule has 2 N–H and O–H groups in total. The Balaban J connectivity index is 1.88. The van der Waals surface area contributed by atoms with Crippen LogP contribution in [-0.4, -0.2) is 37.1 Å². The van der Waals surface area contributed by atoms with Crippen LogP contribution in [0.3, 0.4) is 0 Å². The van der Waals surface area contributed by atoms with E-state index in [1.807, 2.05) is 0 Å². The van der Waals surface area contributed by atoms with Crippen molar-refractivity contribution in [2.45, 2.75) is 4.90 Å². The van der Waals surface area contributed by atoms with E-state index in [-0.39, 0.29) is 10.6 Å². The first-order chi connectivity index (χ1) is 11.8. The van der Waals surface area contributed by atoms with Crippen LogP contribution in [0.25, 0.3) is 11.3 Å². The van der Waals surface area contributed by atoms with Gasteiger partial charge in [0.15, 0.2) is 9.84 Å². The molecular formula is C17H16N2O5S. The van der Waals surface area contributed by atoms with Gasteiger partial charge in [0, 0.05) is 24.0 Å². The van der Waals surface area contributed by atoms with Crippen LogP contribution in [-0.2, 0) is 9.84 Å². The molecule has 3 rings (SSSR count). The first-order valence-electron chi connectivity index (χ1n) is 7.27. The van der Waals surface area contributed by atoms with E-state index >= 15 is 0 Å². The first kappa shape index (κ1) is 16.8. The molecule has 7 nitrogen and oxygen atoms in total. The van der Waals surface area contributed by atoms with E-state index < -0.39 is 9.84 Å². The van der Waals surface area contributed by atoms with Gasteiger partial charge in [0.2, 0.25) is 5.88 Å². The van der Waals surface area contributed by atoms with Crippen LogP contribution in [0.4, 0.5) is 0 Å². The minimum Gasteiger partial charge on any atom is -0.508 e. The fourth-order valence-corrected chi connectivity index (χ4v) is 2.87.